The molecule has 0 aromatic heterocycles. The number of rotatable bonds is 4. The summed E-state index contributed by atoms with van der Waals surface area (Å²) in [4.78, 5) is 0. The summed E-state index contributed by atoms with van der Waals surface area (Å²) in [6, 6.07) is 0. The van der Waals surface area contributed by atoms with Gasteiger partial charge >= 0.3 is 0 Å². The maximum Gasteiger partial charge on any atom is 0.0482 e. The van der Waals surface area contributed by atoms with Crippen molar-refractivity contribution in [1.29, 1.82) is 0 Å². The van der Waals surface area contributed by atoms with Crippen LogP contribution in [0, 0.1) is 0 Å². The van der Waals surface area contributed by atoms with Crippen molar-refractivity contribution >= 4 is 191 Å². The van der Waals surface area contributed by atoms with Gasteiger partial charge in [0.15, 0.2) is 0 Å². The summed E-state index contributed by atoms with van der Waals surface area (Å²) >= 11 is 44.8. The molecule has 0 spiro atoms. The molecule has 2 aromatic carbocycles. The molecule has 0 bridgehead atoms. The van der Waals surface area contributed by atoms with Crippen LogP contribution in [0.25, 0.3) is 0 Å². The molecule has 0 fully saturated rings. The van der Waals surface area contributed by atoms with Crippen molar-refractivity contribution in [3.63, 3.8) is 0 Å². The van der Waals surface area contributed by atoms with E-state index in [-0.39, 0.29) is 0 Å². The summed E-state index contributed by atoms with van der Waals surface area (Å²) in [5, 5.41) is 1.33. The van der Waals surface area contributed by atoms with Crippen LogP contribution in [-0.4, -0.2) is 10.7 Å². The van der Waals surface area contributed by atoms with Crippen LogP contribution in [0.2, 0.25) is 0 Å². The summed E-state index contributed by atoms with van der Waals surface area (Å²) in [6.07, 6.45) is 0. The lowest BCUT2D eigenvalue weighted by Gasteiger charge is -2.36. The Morgan fingerprint density at radius 3 is 0.741 bits per heavy atom. The molecule has 0 saturated heterocycles. The first-order chi connectivity index (χ1) is 12.5. The molecule has 27 heavy (non-hydrogen) atoms. The lowest BCUT2D eigenvalue weighted by molar-refractivity contribution is 0.657. The number of hydrogen-bond acceptors (Lipinski definition) is 0. The Kier molecular flexibility index (Phi) is 11.3. The number of alkyl halides is 2. The van der Waals surface area contributed by atoms with Crippen LogP contribution in [0.1, 0.15) is 11.1 Å². The minimum atomic E-state index is -0.438. The Morgan fingerprint density at radius 2 is 0.556 bits per heavy atom. The highest BCUT2D eigenvalue weighted by molar-refractivity contribution is 9.16. The molecular weight excluding hydrogens is 1140 g/mol. The first kappa shape index (κ1) is 27.4. The Hall–Kier alpha value is 4.20. The molecule has 2 aromatic rings. The third kappa shape index (κ3) is 4.87. The van der Waals surface area contributed by atoms with Crippen molar-refractivity contribution in [3.8, 4) is 0 Å². The molecule has 0 radical (unpaired) electrons. The molecule has 0 amide bonds. The predicted molar refractivity (Wildman–Crippen MR) is 158 cm³/mol. The predicted octanol–water partition coefficient (Wildman–Crippen LogP) is 12.4. The Morgan fingerprint density at radius 1 is 0.370 bits per heavy atom. The van der Waals surface area contributed by atoms with Gasteiger partial charge in [-0.05, 0) is 170 Å². The van der Waals surface area contributed by atoms with Crippen molar-refractivity contribution in [1.82, 2.24) is 0 Å². The fourth-order valence-electron chi connectivity index (χ4n) is 2.48. The molecule has 0 heterocycles. The molecule has 0 unspecified atom stereocenters. The highest BCUT2D eigenvalue weighted by Crippen LogP contribution is 2.56. The topological polar surface area (TPSA) is 0 Å². The summed E-state index contributed by atoms with van der Waals surface area (Å²) in [5.74, 6) is 0. The van der Waals surface area contributed by atoms with Crippen LogP contribution >= 0.6 is 191 Å². The highest BCUT2D eigenvalue weighted by atomic mass is 79.9. The van der Waals surface area contributed by atoms with Gasteiger partial charge in [0.25, 0.3) is 0 Å². The van der Waals surface area contributed by atoms with Gasteiger partial charge in [-0.1, -0.05) is 31.9 Å². The molecular formula is C15H4Br12. The fourth-order valence-corrected chi connectivity index (χ4v) is 12.1. The van der Waals surface area contributed by atoms with E-state index in [0.29, 0.717) is 10.7 Å². The van der Waals surface area contributed by atoms with E-state index in [9.17, 15) is 0 Å². The highest BCUT2D eigenvalue weighted by Gasteiger charge is 2.42. The molecule has 148 valence electrons. The van der Waals surface area contributed by atoms with E-state index < -0.39 is 5.41 Å². The zero-order valence-electron chi connectivity index (χ0n) is 12.4. The molecule has 2 rings (SSSR count). The van der Waals surface area contributed by atoms with Gasteiger partial charge in [-0.2, -0.15) is 0 Å². The standard InChI is InChI=1S/C15H4Br12/c16-1-15(2-17,3-5(18)9(22)13(26)10(23)6(3)19)4-7(20)11(24)14(27)12(25)8(4)21/h1-2H2. The zero-order chi connectivity index (χ0) is 20.8. The molecule has 0 aliphatic rings. The summed E-state index contributed by atoms with van der Waals surface area (Å²) in [7, 11) is 0. The van der Waals surface area contributed by atoms with E-state index in [0.717, 1.165) is 55.9 Å². The van der Waals surface area contributed by atoms with E-state index in [1.54, 1.807) is 0 Å². The van der Waals surface area contributed by atoms with Gasteiger partial charge in [-0.3, -0.25) is 0 Å². The zero-order valence-corrected chi connectivity index (χ0v) is 31.5. The smallest absolute Gasteiger partial charge is 0.0482 e. The van der Waals surface area contributed by atoms with E-state index in [1.807, 2.05) is 0 Å². The Balaban J connectivity index is 3.09. The minimum Gasteiger partial charge on any atom is -0.0914 e. The van der Waals surface area contributed by atoms with E-state index in [2.05, 4.69) is 191 Å². The van der Waals surface area contributed by atoms with E-state index in [4.69, 9.17) is 0 Å². The van der Waals surface area contributed by atoms with Crippen LogP contribution in [0.4, 0.5) is 0 Å². The summed E-state index contributed by atoms with van der Waals surface area (Å²) in [6.45, 7) is 0. The summed E-state index contributed by atoms with van der Waals surface area (Å²) < 4.78 is 9.41. The molecule has 0 N–H and O–H groups in total. The lowest BCUT2D eigenvalue weighted by Crippen LogP contribution is -2.34. The van der Waals surface area contributed by atoms with Crippen LogP contribution in [-0.2, 0) is 5.41 Å². The average molecular weight is 1140 g/mol. The third-order valence-electron chi connectivity index (χ3n) is 3.83. The van der Waals surface area contributed by atoms with Gasteiger partial charge in [0.1, 0.15) is 0 Å². The van der Waals surface area contributed by atoms with Gasteiger partial charge in [-0.15, -0.1) is 0 Å². The van der Waals surface area contributed by atoms with Gasteiger partial charge in [0.2, 0.25) is 0 Å². The van der Waals surface area contributed by atoms with Crippen molar-refractivity contribution in [2.45, 2.75) is 5.41 Å². The van der Waals surface area contributed by atoms with Crippen LogP contribution in [0.3, 0.4) is 0 Å². The maximum absolute atomic E-state index is 3.80. The molecule has 0 aliphatic carbocycles. The Labute approximate surface area is 258 Å². The van der Waals surface area contributed by atoms with Crippen LogP contribution in [0.15, 0.2) is 44.7 Å². The second-order valence-corrected chi connectivity index (χ2v) is 14.3. The van der Waals surface area contributed by atoms with E-state index in [1.165, 1.54) is 0 Å². The fraction of sp³-hybridized carbons (Fsp3) is 0.200. The van der Waals surface area contributed by atoms with Crippen molar-refractivity contribution in [2.75, 3.05) is 10.7 Å². The molecule has 12 heteroatoms. The van der Waals surface area contributed by atoms with Crippen LogP contribution in [0.5, 0.6) is 0 Å². The van der Waals surface area contributed by atoms with Crippen molar-refractivity contribution < 1.29 is 0 Å². The third-order valence-corrected chi connectivity index (χ3v) is 17.9. The maximum atomic E-state index is 3.80. The van der Waals surface area contributed by atoms with Gasteiger partial charge < -0.3 is 0 Å². The monoisotopic (exact) mass is 1130 g/mol. The van der Waals surface area contributed by atoms with Gasteiger partial charge in [0, 0.05) is 60.8 Å². The number of hydrogen-bond donors (Lipinski definition) is 0. The number of halogens is 12. The Bertz CT molecular complexity index is 786. The normalized spacial score (nSPS) is 12.0. The largest absolute Gasteiger partial charge is 0.0914 e. The SMILES string of the molecule is BrCC(CBr)(c1c(Br)c(Br)c(Br)c(Br)c1Br)c1c(Br)c(Br)c(Br)c(Br)c1Br. The second kappa shape index (κ2) is 11.1. The van der Waals surface area contributed by atoms with Gasteiger partial charge in [-0.25, -0.2) is 0 Å². The number of benzene rings is 2. The molecule has 0 atom stereocenters. The van der Waals surface area contributed by atoms with Crippen LogP contribution < -0.4 is 0 Å². The quantitative estimate of drug-likeness (QED) is 0.163. The average Bonchev–Trinajstić information content (AvgIpc) is 2.66. The first-order valence-corrected chi connectivity index (χ1v) is 16.8. The lowest BCUT2D eigenvalue weighted by atomic mass is 9.78. The molecule has 0 aliphatic heterocycles. The van der Waals surface area contributed by atoms with Crippen molar-refractivity contribution in [2.24, 2.45) is 0 Å². The van der Waals surface area contributed by atoms with E-state index >= 15 is 0 Å². The van der Waals surface area contributed by atoms with Crippen molar-refractivity contribution in [3.05, 3.63) is 55.9 Å². The summed E-state index contributed by atoms with van der Waals surface area (Å²) in [5.41, 5.74) is 1.73. The second-order valence-electron chi connectivity index (χ2n) is 5.24. The minimum absolute atomic E-state index is 0.438. The first-order valence-electron chi connectivity index (χ1n) is 6.63. The molecule has 0 nitrogen and oxygen atoms in total. The molecule has 0 saturated carbocycles. The van der Waals surface area contributed by atoms with Gasteiger partial charge in [0.05, 0.1) is 0 Å².